The minimum atomic E-state index is -0.293. The van der Waals surface area contributed by atoms with E-state index >= 15 is 0 Å². The first-order chi connectivity index (χ1) is 9.08. The van der Waals surface area contributed by atoms with Gasteiger partial charge in [0.2, 0.25) is 0 Å². The van der Waals surface area contributed by atoms with Crippen molar-refractivity contribution in [2.24, 2.45) is 11.8 Å². The van der Waals surface area contributed by atoms with Crippen LogP contribution in [-0.2, 0) is 4.74 Å². The van der Waals surface area contributed by atoms with E-state index in [1.807, 2.05) is 6.07 Å². The highest BCUT2D eigenvalue weighted by molar-refractivity contribution is 6.33. The number of hydrogen-bond donors (Lipinski definition) is 0. The molecule has 1 saturated carbocycles. The standard InChI is InChI=1S/C16H21ClO2/c1-11(2)12-7-9-13(10-8-12)19-16(18)14-5-3-4-6-15(14)17/h3-6,11-13H,7-10H2,1-2H3. The molecule has 1 aromatic carbocycles. The predicted octanol–water partition coefficient (Wildman–Crippen LogP) is 4.71. The molecule has 0 unspecified atom stereocenters. The molecule has 104 valence electrons. The summed E-state index contributed by atoms with van der Waals surface area (Å²) in [7, 11) is 0. The van der Waals surface area contributed by atoms with Crippen molar-refractivity contribution in [1.29, 1.82) is 0 Å². The van der Waals surface area contributed by atoms with Crippen LogP contribution in [0.3, 0.4) is 0 Å². The molecule has 1 aliphatic carbocycles. The summed E-state index contributed by atoms with van der Waals surface area (Å²) >= 11 is 6.00. The van der Waals surface area contributed by atoms with Gasteiger partial charge in [-0.05, 0) is 49.7 Å². The van der Waals surface area contributed by atoms with E-state index in [9.17, 15) is 4.79 Å². The van der Waals surface area contributed by atoms with Crippen LogP contribution in [0.4, 0.5) is 0 Å². The van der Waals surface area contributed by atoms with E-state index in [-0.39, 0.29) is 12.1 Å². The van der Waals surface area contributed by atoms with E-state index in [0.717, 1.165) is 37.5 Å². The van der Waals surface area contributed by atoms with Crippen molar-refractivity contribution >= 4 is 17.6 Å². The van der Waals surface area contributed by atoms with E-state index in [0.29, 0.717) is 10.6 Å². The van der Waals surface area contributed by atoms with Gasteiger partial charge in [-0.3, -0.25) is 0 Å². The first-order valence-electron chi connectivity index (χ1n) is 7.03. The van der Waals surface area contributed by atoms with Crippen molar-refractivity contribution in [3.8, 4) is 0 Å². The molecule has 2 nitrogen and oxygen atoms in total. The molecule has 1 aliphatic rings. The van der Waals surface area contributed by atoms with E-state index in [1.54, 1.807) is 18.2 Å². The highest BCUT2D eigenvalue weighted by Crippen LogP contribution is 2.31. The summed E-state index contributed by atoms with van der Waals surface area (Å²) in [5, 5.41) is 0.461. The predicted molar refractivity (Wildman–Crippen MR) is 77.5 cm³/mol. The second-order valence-corrected chi connectivity index (χ2v) is 6.07. The molecule has 0 bridgehead atoms. The van der Waals surface area contributed by atoms with Gasteiger partial charge in [0.05, 0.1) is 10.6 Å². The van der Waals surface area contributed by atoms with Gasteiger partial charge in [0, 0.05) is 0 Å². The molecule has 1 fully saturated rings. The Morgan fingerprint density at radius 1 is 1.21 bits per heavy atom. The Kier molecular flexibility index (Phi) is 4.87. The molecule has 0 saturated heterocycles. The molecule has 0 atom stereocenters. The summed E-state index contributed by atoms with van der Waals surface area (Å²) < 4.78 is 5.56. The van der Waals surface area contributed by atoms with E-state index in [1.165, 1.54) is 0 Å². The van der Waals surface area contributed by atoms with Crippen LogP contribution in [0.15, 0.2) is 24.3 Å². The van der Waals surface area contributed by atoms with Gasteiger partial charge in [-0.15, -0.1) is 0 Å². The number of carbonyl (C=O) groups excluding carboxylic acids is 1. The number of esters is 1. The zero-order valence-corrected chi connectivity index (χ0v) is 12.3. The third-order valence-electron chi connectivity index (χ3n) is 4.03. The molecule has 0 heterocycles. The topological polar surface area (TPSA) is 26.3 Å². The number of hydrogen-bond acceptors (Lipinski definition) is 2. The molecule has 1 aromatic rings. The Morgan fingerprint density at radius 3 is 2.42 bits per heavy atom. The number of carbonyl (C=O) groups is 1. The van der Waals surface area contributed by atoms with Crippen LogP contribution in [0.2, 0.25) is 5.02 Å². The fourth-order valence-electron chi connectivity index (χ4n) is 2.71. The van der Waals surface area contributed by atoms with Crippen LogP contribution in [-0.4, -0.2) is 12.1 Å². The first kappa shape index (κ1) is 14.4. The molecule has 19 heavy (non-hydrogen) atoms. The Labute approximate surface area is 120 Å². The third kappa shape index (κ3) is 3.73. The van der Waals surface area contributed by atoms with Gasteiger partial charge in [0.1, 0.15) is 6.10 Å². The Bertz CT molecular complexity index is 434. The molecule has 0 aromatic heterocycles. The van der Waals surface area contributed by atoms with Crippen molar-refractivity contribution in [2.45, 2.75) is 45.6 Å². The van der Waals surface area contributed by atoms with Gasteiger partial charge in [0.15, 0.2) is 0 Å². The second-order valence-electron chi connectivity index (χ2n) is 5.67. The molecule has 0 spiro atoms. The van der Waals surface area contributed by atoms with Crippen molar-refractivity contribution in [3.63, 3.8) is 0 Å². The van der Waals surface area contributed by atoms with Crippen molar-refractivity contribution in [2.75, 3.05) is 0 Å². The van der Waals surface area contributed by atoms with Crippen LogP contribution >= 0.6 is 11.6 Å². The lowest BCUT2D eigenvalue weighted by atomic mass is 9.80. The van der Waals surface area contributed by atoms with Gasteiger partial charge in [-0.1, -0.05) is 37.6 Å². The highest BCUT2D eigenvalue weighted by Gasteiger charge is 2.26. The van der Waals surface area contributed by atoms with E-state index < -0.39 is 0 Å². The summed E-state index contributed by atoms with van der Waals surface area (Å²) in [6.07, 6.45) is 4.30. The average Bonchev–Trinajstić information content (AvgIpc) is 2.39. The fourth-order valence-corrected chi connectivity index (χ4v) is 2.93. The lowest BCUT2D eigenvalue weighted by Gasteiger charge is -2.30. The number of rotatable bonds is 3. The summed E-state index contributed by atoms with van der Waals surface area (Å²) in [6.45, 7) is 4.53. The summed E-state index contributed by atoms with van der Waals surface area (Å²) in [5.74, 6) is 1.20. The van der Waals surface area contributed by atoms with E-state index in [2.05, 4.69) is 13.8 Å². The van der Waals surface area contributed by atoms with Crippen molar-refractivity contribution in [3.05, 3.63) is 34.9 Å². The van der Waals surface area contributed by atoms with Crippen LogP contribution in [0.5, 0.6) is 0 Å². The van der Waals surface area contributed by atoms with Crippen molar-refractivity contribution < 1.29 is 9.53 Å². The average molecular weight is 281 g/mol. The van der Waals surface area contributed by atoms with Crippen LogP contribution < -0.4 is 0 Å². The first-order valence-corrected chi connectivity index (χ1v) is 7.41. The third-order valence-corrected chi connectivity index (χ3v) is 4.36. The maximum Gasteiger partial charge on any atom is 0.339 e. The minimum absolute atomic E-state index is 0.0544. The van der Waals surface area contributed by atoms with Gasteiger partial charge < -0.3 is 4.74 Å². The zero-order chi connectivity index (χ0) is 13.8. The van der Waals surface area contributed by atoms with Gasteiger partial charge in [0.25, 0.3) is 0 Å². The molecular weight excluding hydrogens is 260 g/mol. The molecule has 3 heteroatoms. The lowest BCUT2D eigenvalue weighted by Crippen LogP contribution is -2.26. The summed E-state index contributed by atoms with van der Waals surface area (Å²) in [6, 6.07) is 7.04. The smallest absolute Gasteiger partial charge is 0.339 e. The molecule has 0 amide bonds. The second kappa shape index (κ2) is 6.42. The molecule has 2 rings (SSSR count). The fraction of sp³-hybridized carbons (Fsp3) is 0.562. The van der Waals surface area contributed by atoms with E-state index in [4.69, 9.17) is 16.3 Å². The highest BCUT2D eigenvalue weighted by atomic mass is 35.5. The Balaban J connectivity index is 1.89. The SMILES string of the molecule is CC(C)C1CCC(OC(=O)c2ccccc2Cl)CC1. The maximum absolute atomic E-state index is 12.0. The van der Waals surface area contributed by atoms with Gasteiger partial charge in [-0.2, -0.15) is 0 Å². The largest absolute Gasteiger partial charge is 0.459 e. The lowest BCUT2D eigenvalue weighted by molar-refractivity contribution is 0.0142. The van der Waals surface area contributed by atoms with Crippen molar-refractivity contribution in [1.82, 2.24) is 0 Å². The molecule has 0 radical (unpaired) electrons. The Morgan fingerprint density at radius 2 is 1.84 bits per heavy atom. The molecule has 0 N–H and O–H groups in total. The number of ether oxygens (including phenoxy) is 1. The summed E-state index contributed by atoms with van der Waals surface area (Å²) in [5.41, 5.74) is 0.468. The Hall–Kier alpha value is -1.02. The van der Waals surface area contributed by atoms with Crippen LogP contribution in [0.25, 0.3) is 0 Å². The van der Waals surface area contributed by atoms with Gasteiger partial charge >= 0.3 is 5.97 Å². The zero-order valence-electron chi connectivity index (χ0n) is 11.6. The maximum atomic E-state index is 12.0. The normalized spacial score (nSPS) is 23.4. The summed E-state index contributed by atoms with van der Waals surface area (Å²) in [4.78, 5) is 12.0. The quantitative estimate of drug-likeness (QED) is 0.750. The molecule has 0 aliphatic heterocycles. The monoisotopic (exact) mass is 280 g/mol. The van der Waals surface area contributed by atoms with Crippen LogP contribution in [0, 0.1) is 11.8 Å². The van der Waals surface area contributed by atoms with Crippen LogP contribution in [0.1, 0.15) is 49.9 Å². The molecular formula is C16H21ClO2. The number of halogens is 1. The van der Waals surface area contributed by atoms with Gasteiger partial charge in [-0.25, -0.2) is 4.79 Å². The minimum Gasteiger partial charge on any atom is -0.459 e. The number of benzene rings is 1.